The lowest BCUT2D eigenvalue weighted by atomic mass is 9.73. The summed E-state index contributed by atoms with van der Waals surface area (Å²) >= 11 is 0. The summed E-state index contributed by atoms with van der Waals surface area (Å²) < 4.78 is 6.18. The third-order valence-corrected chi connectivity index (χ3v) is 4.19. The highest BCUT2D eigenvalue weighted by Crippen LogP contribution is 2.40. The monoisotopic (exact) mass is 225 g/mol. The van der Waals surface area contributed by atoms with Gasteiger partial charge >= 0.3 is 0 Å². The summed E-state index contributed by atoms with van der Waals surface area (Å²) in [6, 6.07) is 2.47. The van der Waals surface area contributed by atoms with E-state index < -0.39 is 13.9 Å². The van der Waals surface area contributed by atoms with Crippen LogP contribution in [0.2, 0.25) is 19.6 Å². The van der Waals surface area contributed by atoms with E-state index in [1.807, 2.05) is 0 Å². The van der Waals surface area contributed by atoms with Crippen molar-refractivity contribution in [1.29, 1.82) is 5.26 Å². The van der Waals surface area contributed by atoms with Crippen molar-refractivity contribution >= 4 is 8.32 Å². The second-order valence-electron chi connectivity index (χ2n) is 6.00. The van der Waals surface area contributed by atoms with Crippen molar-refractivity contribution in [3.05, 3.63) is 0 Å². The van der Waals surface area contributed by atoms with E-state index in [1.165, 1.54) is 6.42 Å². The normalized spacial score (nSPS) is 37.3. The molecule has 0 aliphatic heterocycles. The van der Waals surface area contributed by atoms with Crippen LogP contribution >= 0.6 is 0 Å². The van der Waals surface area contributed by atoms with E-state index >= 15 is 0 Å². The molecule has 1 aliphatic carbocycles. The number of nitriles is 1. The number of rotatable bonds is 2. The summed E-state index contributed by atoms with van der Waals surface area (Å²) in [5, 5.41) is 9.44. The predicted octanol–water partition coefficient (Wildman–Crippen LogP) is 3.56. The SMILES string of the molecule is CC1CCC(C)C(C#N)(O[Si](C)(C)C)C1. The van der Waals surface area contributed by atoms with Crippen LogP contribution in [-0.2, 0) is 4.43 Å². The Balaban J connectivity index is 2.87. The zero-order valence-corrected chi connectivity index (χ0v) is 11.6. The van der Waals surface area contributed by atoms with Gasteiger partial charge in [-0.05, 0) is 44.3 Å². The number of hydrogen-bond donors (Lipinski definition) is 0. The average Bonchev–Trinajstić information content (AvgIpc) is 2.09. The van der Waals surface area contributed by atoms with Crippen LogP contribution in [0, 0.1) is 23.2 Å². The molecule has 3 atom stereocenters. The highest BCUT2D eigenvalue weighted by molar-refractivity contribution is 6.69. The van der Waals surface area contributed by atoms with Crippen molar-refractivity contribution in [2.24, 2.45) is 11.8 Å². The van der Waals surface area contributed by atoms with Crippen LogP contribution in [-0.4, -0.2) is 13.9 Å². The molecule has 86 valence electrons. The lowest BCUT2D eigenvalue weighted by Crippen LogP contribution is -2.49. The molecule has 0 heterocycles. The Labute approximate surface area is 94.8 Å². The first-order valence-corrected chi connectivity index (χ1v) is 9.31. The first-order chi connectivity index (χ1) is 6.79. The van der Waals surface area contributed by atoms with Gasteiger partial charge in [-0.2, -0.15) is 5.26 Å². The first kappa shape index (κ1) is 12.7. The van der Waals surface area contributed by atoms with Gasteiger partial charge in [0.15, 0.2) is 8.32 Å². The van der Waals surface area contributed by atoms with Crippen LogP contribution in [0.5, 0.6) is 0 Å². The molecule has 3 heteroatoms. The van der Waals surface area contributed by atoms with E-state index in [9.17, 15) is 5.26 Å². The maximum absolute atomic E-state index is 9.44. The zero-order chi connectivity index (χ0) is 11.7. The zero-order valence-electron chi connectivity index (χ0n) is 10.6. The summed E-state index contributed by atoms with van der Waals surface area (Å²) in [5.74, 6) is 1.00. The molecule has 1 fully saturated rings. The molecule has 2 nitrogen and oxygen atoms in total. The highest BCUT2D eigenvalue weighted by atomic mass is 28.4. The Morgan fingerprint density at radius 1 is 1.27 bits per heavy atom. The van der Waals surface area contributed by atoms with Gasteiger partial charge in [-0.3, -0.25) is 0 Å². The van der Waals surface area contributed by atoms with Gasteiger partial charge in [-0.25, -0.2) is 0 Å². The van der Waals surface area contributed by atoms with Gasteiger partial charge in [0, 0.05) is 0 Å². The summed E-state index contributed by atoms with van der Waals surface area (Å²) in [7, 11) is -1.63. The smallest absolute Gasteiger partial charge is 0.185 e. The van der Waals surface area contributed by atoms with Crippen molar-refractivity contribution < 1.29 is 4.43 Å². The fourth-order valence-electron chi connectivity index (χ4n) is 2.46. The van der Waals surface area contributed by atoms with Crippen LogP contribution in [0.15, 0.2) is 0 Å². The fourth-order valence-corrected chi connectivity index (χ4v) is 3.88. The third-order valence-electron chi connectivity index (χ3n) is 3.22. The van der Waals surface area contributed by atoms with Crippen molar-refractivity contribution in [1.82, 2.24) is 0 Å². The molecule has 0 amide bonds. The molecule has 0 aromatic rings. The molecule has 0 N–H and O–H groups in total. The summed E-state index contributed by atoms with van der Waals surface area (Å²) in [6.07, 6.45) is 3.27. The molecule has 15 heavy (non-hydrogen) atoms. The van der Waals surface area contributed by atoms with Crippen LogP contribution < -0.4 is 0 Å². The maximum Gasteiger partial charge on any atom is 0.185 e. The van der Waals surface area contributed by atoms with Crippen molar-refractivity contribution in [3.63, 3.8) is 0 Å². The lowest BCUT2D eigenvalue weighted by molar-refractivity contribution is 0.00883. The Hall–Kier alpha value is -0.333. The predicted molar refractivity (Wildman–Crippen MR) is 65.0 cm³/mol. The third kappa shape index (κ3) is 3.06. The van der Waals surface area contributed by atoms with E-state index in [1.54, 1.807) is 0 Å². The molecule has 1 saturated carbocycles. The van der Waals surface area contributed by atoms with Crippen LogP contribution in [0.1, 0.15) is 33.1 Å². The molecule has 0 radical (unpaired) electrons. The molecule has 0 aromatic carbocycles. The van der Waals surface area contributed by atoms with Gasteiger partial charge in [0.25, 0.3) is 0 Å². The minimum Gasteiger partial charge on any atom is -0.400 e. The molecule has 0 spiro atoms. The number of nitrogens with zero attached hydrogens (tertiary/aromatic N) is 1. The van der Waals surface area contributed by atoms with Crippen molar-refractivity contribution in [2.75, 3.05) is 0 Å². The van der Waals surface area contributed by atoms with Gasteiger partial charge in [0.05, 0.1) is 6.07 Å². The fraction of sp³-hybridized carbons (Fsp3) is 0.917. The molecule has 1 aliphatic rings. The van der Waals surface area contributed by atoms with Crippen LogP contribution in [0.4, 0.5) is 0 Å². The second kappa shape index (κ2) is 4.27. The first-order valence-electron chi connectivity index (χ1n) is 5.90. The van der Waals surface area contributed by atoms with Crippen LogP contribution in [0.25, 0.3) is 0 Å². The van der Waals surface area contributed by atoms with Crippen molar-refractivity contribution in [3.8, 4) is 6.07 Å². The van der Waals surface area contributed by atoms with E-state index in [0.717, 1.165) is 12.8 Å². The topological polar surface area (TPSA) is 33.0 Å². The number of hydrogen-bond acceptors (Lipinski definition) is 2. The molecule has 1 rings (SSSR count). The Morgan fingerprint density at radius 3 is 2.33 bits per heavy atom. The van der Waals surface area contributed by atoms with E-state index in [0.29, 0.717) is 11.8 Å². The Bertz CT molecular complexity index is 266. The molecule has 0 saturated heterocycles. The lowest BCUT2D eigenvalue weighted by Gasteiger charge is -2.43. The summed E-state index contributed by atoms with van der Waals surface area (Å²) in [6.45, 7) is 10.9. The van der Waals surface area contributed by atoms with Gasteiger partial charge in [-0.1, -0.05) is 20.3 Å². The standard InChI is InChI=1S/C12H23NOSi/c1-10-6-7-11(2)12(8-10,9-13)14-15(3,4)5/h10-11H,6-8H2,1-5H3. The quantitative estimate of drug-likeness (QED) is 0.673. The summed E-state index contributed by atoms with van der Waals surface area (Å²) in [5.41, 5.74) is -0.498. The van der Waals surface area contributed by atoms with Gasteiger partial charge in [0.1, 0.15) is 5.60 Å². The molecular formula is C12H23NOSi. The van der Waals surface area contributed by atoms with Crippen molar-refractivity contribution in [2.45, 2.75) is 58.4 Å². The van der Waals surface area contributed by atoms with Gasteiger partial charge < -0.3 is 4.43 Å². The highest BCUT2D eigenvalue weighted by Gasteiger charge is 2.44. The Kier molecular flexibility index (Phi) is 3.62. The minimum absolute atomic E-state index is 0.380. The Morgan fingerprint density at radius 2 is 1.87 bits per heavy atom. The molecule has 0 bridgehead atoms. The average molecular weight is 225 g/mol. The van der Waals surface area contributed by atoms with E-state index in [4.69, 9.17) is 4.43 Å². The van der Waals surface area contributed by atoms with Gasteiger partial charge in [0.2, 0.25) is 0 Å². The van der Waals surface area contributed by atoms with Gasteiger partial charge in [-0.15, -0.1) is 0 Å². The minimum atomic E-state index is -1.63. The molecule has 0 aromatic heterocycles. The van der Waals surface area contributed by atoms with E-state index in [2.05, 4.69) is 39.6 Å². The van der Waals surface area contributed by atoms with E-state index in [-0.39, 0.29) is 0 Å². The maximum atomic E-state index is 9.44. The molecular weight excluding hydrogens is 202 g/mol. The van der Waals surface area contributed by atoms with Crippen LogP contribution in [0.3, 0.4) is 0 Å². The molecule has 3 unspecified atom stereocenters. The summed E-state index contributed by atoms with van der Waals surface area (Å²) in [4.78, 5) is 0. The second-order valence-corrected chi connectivity index (χ2v) is 10.4. The largest absolute Gasteiger partial charge is 0.400 e.